The van der Waals surface area contributed by atoms with Gasteiger partial charge in [-0.3, -0.25) is 0 Å². The van der Waals surface area contributed by atoms with Crippen LogP contribution in [-0.4, -0.2) is 17.7 Å². The van der Waals surface area contributed by atoms with E-state index in [1.165, 1.54) is 0 Å². The second-order valence-electron chi connectivity index (χ2n) is 7.14. The number of aryl methyl sites for hydroxylation is 3. The van der Waals surface area contributed by atoms with Crippen molar-refractivity contribution >= 4 is 5.97 Å². The summed E-state index contributed by atoms with van der Waals surface area (Å²) in [6, 6.07) is 9.80. The molecule has 0 amide bonds. The number of carboxylic acids is 1. The molecule has 1 unspecified atom stereocenters. The minimum Gasteiger partial charge on any atom is -0.479 e. The fourth-order valence-corrected chi connectivity index (χ4v) is 3.70. The number of carboxylic acid groups (broad SMARTS) is 1. The highest BCUT2D eigenvalue weighted by Crippen LogP contribution is 2.48. The zero-order chi connectivity index (χ0) is 19.7. The molecule has 2 aromatic carbocycles. The Morgan fingerprint density at radius 2 is 1.85 bits per heavy atom. The van der Waals surface area contributed by atoms with Crippen LogP contribution in [0.15, 0.2) is 30.3 Å². The lowest BCUT2D eigenvalue weighted by Crippen LogP contribution is -2.20. The topological polar surface area (TPSA) is 46.5 Å². The average molecular weight is 374 g/mol. The summed E-state index contributed by atoms with van der Waals surface area (Å²) in [6.45, 7) is 2.68. The second kappa shape index (κ2) is 7.77. The average Bonchev–Trinajstić information content (AvgIpc) is 3.45. The van der Waals surface area contributed by atoms with Crippen molar-refractivity contribution in [2.45, 2.75) is 58.7 Å². The van der Waals surface area contributed by atoms with Crippen LogP contribution in [0.4, 0.5) is 8.78 Å². The minimum atomic E-state index is -3.16. The Labute approximate surface area is 158 Å². The molecule has 1 saturated carbocycles. The van der Waals surface area contributed by atoms with Gasteiger partial charge in [0.1, 0.15) is 0 Å². The van der Waals surface area contributed by atoms with E-state index in [0.717, 1.165) is 47.1 Å². The van der Waals surface area contributed by atoms with E-state index < -0.39 is 18.7 Å². The summed E-state index contributed by atoms with van der Waals surface area (Å²) in [7, 11) is 0. The van der Waals surface area contributed by atoms with Crippen LogP contribution in [0.5, 0.6) is 0 Å². The molecular weight excluding hydrogens is 350 g/mol. The lowest BCUT2D eigenvalue weighted by atomic mass is 9.85. The van der Waals surface area contributed by atoms with Crippen molar-refractivity contribution < 1.29 is 23.4 Å². The second-order valence-corrected chi connectivity index (χ2v) is 7.14. The van der Waals surface area contributed by atoms with Crippen molar-refractivity contribution in [2.24, 2.45) is 0 Å². The Balaban J connectivity index is 2.27. The van der Waals surface area contributed by atoms with Gasteiger partial charge in [0.2, 0.25) is 0 Å². The van der Waals surface area contributed by atoms with E-state index in [1.807, 2.05) is 37.3 Å². The third kappa shape index (κ3) is 4.03. The van der Waals surface area contributed by atoms with Crippen LogP contribution in [0.3, 0.4) is 0 Å². The van der Waals surface area contributed by atoms with Gasteiger partial charge in [-0.2, -0.15) is 8.78 Å². The number of carbonyl (C=O) groups is 1. The Morgan fingerprint density at radius 1 is 1.19 bits per heavy atom. The van der Waals surface area contributed by atoms with Crippen LogP contribution in [0.1, 0.15) is 59.6 Å². The Kier molecular flexibility index (Phi) is 5.61. The molecule has 144 valence electrons. The summed E-state index contributed by atoms with van der Waals surface area (Å²) in [5.41, 5.74) is 5.90. The van der Waals surface area contributed by atoms with Crippen LogP contribution >= 0.6 is 0 Å². The van der Waals surface area contributed by atoms with Gasteiger partial charge < -0.3 is 9.84 Å². The van der Waals surface area contributed by atoms with E-state index >= 15 is 0 Å². The molecule has 1 aliphatic rings. The largest absolute Gasteiger partial charge is 0.479 e. The molecule has 0 radical (unpaired) electrons. The minimum absolute atomic E-state index is 0.332. The fourth-order valence-electron chi connectivity index (χ4n) is 3.70. The lowest BCUT2D eigenvalue weighted by molar-refractivity contribution is -0.188. The number of halogens is 2. The van der Waals surface area contributed by atoms with E-state index in [9.17, 15) is 18.7 Å². The first-order chi connectivity index (χ1) is 12.8. The predicted octanol–water partition coefficient (Wildman–Crippen LogP) is 5.78. The van der Waals surface area contributed by atoms with E-state index in [0.29, 0.717) is 17.0 Å². The summed E-state index contributed by atoms with van der Waals surface area (Å²) in [5, 5.41) is 9.60. The quantitative estimate of drug-likeness (QED) is 0.669. The monoisotopic (exact) mass is 374 g/mol. The smallest absolute Gasteiger partial charge is 0.346 e. The molecule has 27 heavy (non-hydrogen) atoms. The first-order valence-electron chi connectivity index (χ1n) is 9.23. The molecular formula is C22H24F2O3. The highest BCUT2D eigenvalue weighted by atomic mass is 19.3. The van der Waals surface area contributed by atoms with E-state index in [4.69, 9.17) is 0 Å². The van der Waals surface area contributed by atoms with Crippen LogP contribution in [0, 0.1) is 13.8 Å². The lowest BCUT2D eigenvalue weighted by Gasteiger charge is -2.23. The molecule has 0 saturated heterocycles. The van der Waals surface area contributed by atoms with Gasteiger partial charge >= 0.3 is 12.6 Å². The summed E-state index contributed by atoms with van der Waals surface area (Å²) in [6.07, 6.45) is 1.19. The maximum atomic E-state index is 13.0. The van der Waals surface area contributed by atoms with E-state index in [2.05, 4.69) is 11.7 Å². The maximum Gasteiger partial charge on any atom is 0.346 e. The van der Waals surface area contributed by atoms with Crippen molar-refractivity contribution in [2.75, 3.05) is 0 Å². The standard InChI is InChI=1S/C22H24F2O3/c1-4-14-11-16(7-5-12(14)2)19-17(15-8-9-15)10-6-13(3)18(19)20(21(25)26)27-22(23)24/h5-7,10-11,15,20,22H,4,8-9H2,1-3H3,(H,25,26). The zero-order valence-corrected chi connectivity index (χ0v) is 15.8. The number of rotatable bonds is 7. The van der Waals surface area contributed by atoms with Gasteiger partial charge in [0.25, 0.3) is 0 Å². The molecule has 5 heteroatoms. The van der Waals surface area contributed by atoms with Gasteiger partial charge in [0, 0.05) is 5.56 Å². The third-order valence-electron chi connectivity index (χ3n) is 5.26. The first kappa shape index (κ1) is 19.5. The number of ether oxygens (including phenoxy) is 1. The van der Waals surface area contributed by atoms with E-state index in [-0.39, 0.29) is 0 Å². The highest BCUT2D eigenvalue weighted by Gasteiger charge is 2.34. The number of hydrogen-bond donors (Lipinski definition) is 1. The normalized spacial score (nSPS) is 15.2. The molecule has 1 N–H and O–H groups in total. The van der Waals surface area contributed by atoms with Crippen molar-refractivity contribution in [1.82, 2.24) is 0 Å². The van der Waals surface area contributed by atoms with Crippen molar-refractivity contribution in [3.05, 3.63) is 58.1 Å². The van der Waals surface area contributed by atoms with Gasteiger partial charge in [-0.1, -0.05) is 37.3 Å². The Morgan fingerprint density at radius 3 is 2.41 bits per heavy atom. The Bertz CT molecular complexity index is 857. The predicted molar refractivity (Wildman–Crippen MR) is 100 cm³/mol. The number of benzene rings is 2. The highest BCUT2D eigenvalue weighted by molar-refractivity contribution is 5.83. The molecule has 3 nitrogen and oxygen atoms in total. The van der Waals surface area contributed by atoms with E-state index in [1.54, 1.807) is 6.92 Å². The van der Waals surface area contributed by atoms with Gasteiger partial charge in [-0.05, 0) is 72.4 Å². The number of alkyl halides is 2. The van der Waals surface area contributed by atoms with Gasteiger partial charge in [0.05, 0.1) is 0 Å². The molecule has 0 aromatic heterocycles. The SMILES string of the molecule is CCc1cc(-c2c(C3CC3)ccc(C)c2C(OC(F)F)C(=O)O)ccc1C. The van der Waals surface area contributed by atoms with Crippen LogP contribution in [0.25, 0.3) is 11.1 Å². The van der Waals surface area contributed by atoms with Gasteiger partial charge in [-0.25, -0.2) is 4.79 Å². The molecule has 0 aliphatic heterocycles. The molecule has 2 aromatic rings. The van der Waals surface area contributed by atoms with Crippen molar-refractivity contribution in [1.29, 1.82) is 0 Å². The van der Waals surface area contributed by atoms with Gasteiger partial charge in [0.15, 0.2) is 6.10 Å². The van der Waals surface area contributed by atoms with Crippen LogP contribution < -0.4 is 0 Å². The molecule has 3 rings (SSSR count). The number of aliphatic carboxylic acids is 1. The van der Waals surface area contributed by atoms with Gasteiger partial charge in [-0.15, -0.1) is 0 Å². The maximum absolute atomic E-state index is 13.0. The molecule has 1 fully saturated rings. The van der Waals surface area contributed by atoms with Crippen LogP contribution in [-0.2, 0) is 16.0 Å². The molecule has 1 atom stereocenters. The molecule has 1 aliphatic carbocycles. The first-order valence-corrected chi connectivity index (χ1v) is 9.23. The number of hydrogen-bond acceptors (Lipinski definition) is 2. The van der Waals surface area contributed by atoms with Crippen LogP contribution in [0.2, 0.25) is 0 Å². The third-order valence-corrected chi connectivity index (χ3v) is 5.26. The molecule has 0 heterocycles. The zero-order valence-electron chi connectivity index (χ0n) is 15.8. The summed E-state index contributed by atoms with van der Waals surface area (Å²) < 4.78 is 30.5. The van der Waals surface area contributed by atoms with Crippen molar-refractivity contribution in [3.63, 3.8) is 0 Å². The summed E-state index contributed by atoms with van der Waals surface area (Å²) in [4.78, 5) is 11.8. The summed E-state index contributed by atoms with van der Waals surface area (Å²) in [5.74, 6) is -1.07. The fraction of sp³-hybridized carbons (Fsp3) is 0.409. The molecule has 0 bridgehead atoms. The summed E-state index contributed by atoms with van der Waals surface area (Å²) >= 11 is 0. The molecule has 0 spiro atoms. The Hall–Kier alpha value is -2.27. The van der Waals surface area contributed by atoms with Crippen molar-refractivity contribution in [3.8, 4) is 11.1 Å².